The Bertz CT molecular complexity index is 309. The minimum atomic E-state index is 0. The van der Waals surface area contributed by atoms with Gasteiger partial charge in [-0.2, -0.15) is 0 Å². The first-order chi connectivity index (χ1) is 6.95. The van der Waals surface area contributed by atoms with Gasteiger partial charge in [0.1, 0.15) is 5.84 Å². The molecule has 0 saturated carbocycles. The van der Waals surface area contributed by atoms with Crippen LogP contribution in [0.1, 0.15) is 25.7 Å². The standard InChI is InChI=1S/C12H16N2.ClH/c1-3-7-11(8-4-1)14-12-9-5-2-6-10-13-12;/h1,3-4,7-8H,2,5-6,9-10H2,(H,13,14);1H. The van der Waals surface area contributed by atoms with Gasteiger partial charge < -0.3 is 5.32 Å². The largest absolute Gasteiger partial charge is 0.344 e. The van der Waals surface area contributed by atoms with E-state index in [0.717, 1.165) is 24.5 Å². The minimum Gasteiger partial charge on any atom is -0.344 e. The monoisotopic (exact) mass is 224 g/mol. The van der Waals surface area contributed by atoms with Gasteiger partial charge in [0.05, 0.1) is 0 Å². The van der Waals surface area contributed by atoms with Crippen LogP contribution < -0.4 is 5.32 Å². The third kappa shape index (κ3) is 3.92. The Morgan fingerprint density at radius 2 is 1.80 bits per heavy atom. The normalized spacial score (nSPS) is 15.9. The van der Waals surface area contributed by atoms with Crippen molar-refractivity contribution in [1.29, 1.82) is 0 Å². The quantitative estimate of drug-likeness (QED) is 0.776. The van der Waals surface area contributed by atoms with E-state index in [2.05, 4.69) is 22.4 Å². The maximum Gasteiger partial charge on any atom is 0.101 e. The van der Waals surface area contributed by atoms with Crippen LogP contribution in [0.3, 0.4) is 0 Å². The molecule has 0 aliphatic carbocycles. The van der Waals surface area contributed by atoms with E-state index in [4.69, 9.17) is 0 Å². The average Bonchev–Trinajstić information content (AvgIpc) is 2.48. The van der Waals surface area contributed by atoms with E-state index < -0.39 is 0 Å². The molecule has 82 valence electrons. The Labute approximate surface area is 97.2 Å². The first-order valence-electron chi connectivity index (χ1n) is 5.30. The molecule has 2 nitrogen and oxygen atoms in total. The zero-order valence-electron chi connectivity index (χ0n) is 8.78. The van der Waals surface area contributed by atoms with Gasteiger partial charge in [-0.3, -0.25) is 4.99 Å². The van der Waals surface area contributed by atoms with Gasteiger partial charge in [-0.1, -0.05) is 24.6 Å². The number of amidine groups is 1. The van der Waals surface area contributed by atoms with Gasteiger partial charge in [-0.05, 0) is 25.0 Å². The summed E-state index contributed by atoms with van der Waals surface area (Å²) in [5.74, 6) is 1.15. The van der Waals surface area contributed by atoms with Crippen LogP contribution in [-0.2, 0) is 0 Å². The van der Waals surface area contributed by atoms with Gasteiger partial charge in [-0.15, -0.1) is 12.4 Å². The summed E-state index contributed by atoms with van der Waals surface area (Å²) in [7, 11) is 0. The molecule has 15 heavy (non-hydrogen) atoms. The Kier molecular flexibility index (Phi) is 5.19. The lowest BCUT2D eigenvalue weighted by Gasteiger charge is -2.07. The Morgan fingerprint density at radius 1 is 1.00 bits per heavy atom. The van der Waals surface area contributed by atoms with E-state index in [1.54, 1.807) is 0 Å². The summed E-state index contributed by atoms with van der Waals surface area (Å²) in [5, 5.41) is 3.37. The first kappa shape index (κ1) is 12.1. The molecular weight excluding hydrogens is 208 g/mol. The maximum atomic E-state index is 4.52. The molecule has 0 saturated heterocycles. The molecule has 0 amide bonds. The van der Waals surface area contributed by atoms with Crippen LogP contribution in [0.4, 0.5) is 5.69 Å². The average molecular weight is 225 g/mol. The van der Waals surface area contributed by atoms with Crippen LogP contribution in [0.2, 0.25) is 0 Å². The molecule has 0 spiro atoms. The van der Waals surface area contributed by atoms with Crippen LogP contribution in [0.5, 0.6) is 0 Å². The number of benzene rings is 1. The third-order valence-corrected chi connectivity index (χ3v) is 2.44. The Hall–Kier alpha value is -1.02. The molecule has 2 rings (SSSR count). The predicted octanol–water partition coefficient (Wildman–Crippen LogP) is 3.49. The number of anilines is 1. The summed E-state index contributed by atoms with van der Waals surface area (Å²) in [4.78, 5) is 4.52. The van der Waals surface area contributed by atoms with Gasteiger partial charge >= 0.3 is 0 Å². The number of aliphatic imine (C=N–C) groups is 1. The topological polar surface area (TPSA) is 24.4 Å². The highest BCUT2D eigenvalue weighted by molar-refractivity contribution is 5.95. The number of hydrogen-bond donors (Lipinski definition) is 1. The van der Waals surface area contributed by atoms with E-state index in [0.29, 0.717) is 0 Å². The highest BCUT2D eigenvalue weighted by atomic mass is 35.5. The lowest BCUT2D eigenvalue weighted by Crippen LogP contribution is -2.11. The summed E-state index contributed by atoms with van der Waals surface area (Å²) in [6, 6.07) is 10.3. The van der Waals surface area contributed by atoms with Crippen LogP contribution in [-0.4, -0.2) is 12.4 Å². The second-order valence-corrected chi connectivity index (χ2v) is 3.63. The number of nitrogens with one attached hydrogen (secondary N) is 1. The predicted molar refractivity (Wildman–Crippen MR) is 68.1 cm³/mol. The summed E-state index contributed by atoms with van der Waals surface area (Å²) >= 11 is 0. The highest BCUT2D eigenvalue weighted by Gasteiger charge is 2.03. The molecule has 1 N–H and O–H groups in total. The van der Waals surface area contributed by atoms with Crippen molar-refractivity contribution in [3.05, 3.63) is 30.3 Å². The Morgan fingerprint density at radius 3 is 2.60 bits per heavy atom. The summed E-state index contributed by atoms with van der Waals surface area (Å²) < 4.78 is 0. The molecule has 1 aromatic rings. The molecule has 0 aromatic heterocycles. The third-order valence-electron chi connectivity index (χ3n) is 2.44. The summed E-state index contributed by atoms with van der Waals surface area (Å²) in [6.45, 7) is 0.981. The van der Waals surface area contributed by atoms with Gasteiger partial charge in [-0.25, -0.2) is 0 Å². The first-order valence-corrected chi connectivity index (χ1v) is 5.30. The molecule has 0 radical (unpaired) electrons. The molecular formula is C12H17ClN2. The van der Waals surface area contributed by atoms with Crippen molar-refractivity contribution >= 4 is 23.9 Å². The van der Waals surface area contributed by atoms with Crippen molar-refractivity contribution < 1.29 is 0 Å². The van der Waals surface area contributed by atoms with E-state index in [1.165, 1.54) is 19.3 Å². The van der Waals surface area contributed by atoms with Crippen molar-refractivity contribution in [1.82, 2.24) is 0 Å². The van der Waals surface area contributed by atoms with Crippen molar-refractivity contribution in [3.8, 4) is 0 Å². The number of rotatable bonds is 1. The second kappa shape index (κ2) is 6.46. The minimum absolute atomic E-state index is 0. The summed E-state index contributed by atoms with van der Waals surface area (Å²) in [5.41, 5.74) is 1.15. The molecule has 0 fully saturated rings. The molecule has 1 aliphatic rings. The van der Waals surface area contributed by atoms with E-state index in [1.807, 2.05) is 18.2 Å². The fourth-order valence-electron chi connectivity index (χ4n) is 1.66. The zero-order valence-corrected chi connectivity index (χ0v) is 9.59. The maximum absolute atomic E-state index is 4.52. The van der Waals surface area contributed by atoms with E-state index in [-0.39, 0.29) is 12.4 Å². The zero-order chi connectivity index (χ0) is 9.64. The van der Waals surface area contributed by atoms with Crippen LogP contribution >= 0.6 is 12.4 Å². The molecule has 3 heteroatoms. The van der Waals surface area contributed by atoms with Crippen LogP contribution in [0.25, 0.3) is 0 Å². The molecule has 1 aliphatic heterocycles. The molecule has 0 atom stereocenters. The smallest absolute Gasteiger partial charge is 0.101 e. The fourth-order valence-corrected chi connectivity index (χ4v) is 1.66. The van der Waals surface area contributed by atoms with Crippen LogP contribution in [0.15, 0.2) is 35.3 Å². The number of halogens is 1. The number of nitrogens with zero attached hydrogens (tertiary/aromatic N) is 1. The van der Waals surface area contributed by atoms with Crippen LogP contribution in [0, 0.1) is 0 Å². The molecule has 0 bridgehead atoms. The van der Waals surface area contributed by atoms with Gasteiger partial charge in [0.15, 0.2) is 0 Å². The summed E-state index contributed by atoms with van der Waals surface area (Å²) in [6.07, 6.45) is 4.90. The lowest BCUT2D eigenvalue weighted by molar-refractivity contribution is 0.731. The van der Waals surface area contributed by atoms with E-state index >= 15 is 0 Å². The second-order valence-electron chi connectivity index (χ2n) is 3.63. The fraction of sp³-hybridized carbons (Fsp3) is 0.417. The lowest BCUT2D eigenvalue weighted by atomic mass is 10.2. The van der Waals surface area contributed by atoms with E-state index in [9.17, 15) is 0 Å². The van der Waals surface area contributed by atoms with Crippen molar-refractivity contribution in [3.63, 3.8) is 0 Å². The Balaban J connectivity index is 0.00000112. The highest BCUT2D eigenvalue weighted by Crippen LogP contribution is 2.11. The number of para-hydroxylation sites is 1. The van der Waals surface area contributed by atoms with Crippen molar-refractivity contribution in [2.24, 2.45) is 4.99 Å². The molecule has 1 aromatic carbocycles. The van der Waals surface area contributed by atoms with Crippen molar-refractivity contribution in [2.45, 2.75) is 25.7 Å². The number of hydrogen-bond acceptors (Lipinski definition) is 2. The van der Waals surface area contributed by atoms with Gasteiger partial charge in [0.2, 0.25) is 0 Å². The van der Waals surface area contributed by atoms with Gasteiger partial charge in [0.25, 0.3) is 0 Å². The van der Waals surface area contributed by atoms with Gasteiger partial charge in [0, 0.05) is 18.7 Å². The molecule has 1 heterocycles. The van der Waals surface area contributed by atoms with Crippen molar-refractivity contribution in [2.75, 3.05) is 11.9 Å². The SMILES string of the molecule is Cl.c1ccc(NC2=NCCCCC2)cc1. The molecule has 0 unspecified atom stereocenters.